The lowest BCUT2D eigenvalue weighted by Gasteiger charge is -2.38. The summed E-state index contributed by atoms with van der Waals surface area (Å²) in [5, 5.41) is 13.5. The van der Waals surface area contributed by atoms with E-state index in [9.17, 15) is 9.90 Å². The Labute approximate surface area is 174 Å². The molecule has 7 nitrogen and oxygen atoms in total. The van der Waals surface area contributed by atoms with E-state index in [1.807, 2.05) is 23.1 Å². The number of carbonyl (C=O) groups is 1. The summed E-state index contributed by atoms with van der Waals surface area (Å²) in [7, 11) is 0. The molecule has 2 aliphatic heterocycles. The summed E-state index contributed by atoms with van der Waals surface area (Å²) in [6.45, 7) is 9.73. The van der Waals surface area contributed by atoms with Crippen molar-refractivity contribution in [1.82, 2.24) is 15.1 Å². The first kappa shape index (κ1) is 21.3. The number of anilines is 1. The van der Waals surface area contributed by atoms with Gasteiger partial charge in [-0.05, 0) is 45.2 Å². The molecule has 160 valence electrons. The zero-order valence-electron chi connectivity index (χ0n) is 17.8. The van der Waals surface area contributed by atoms with Crippen LogP contribution in [0.2, 0.25) is 0 Å². The smallest absolute Gasteiger partial charge is 0.224 e. The third-order valence-corrected chi connectivity index (χ3v) is 5.85. The topological polar surface area (TPSA) is 71.4 Å². The number of rotatable bonds is 5. The molecule has 2 N–H and O–H groups in total. The molecule has 0 aliphatic carbocycles. The maximum Gasteiger partial charge on any atom is 0.224 e. The molecule has 1 aromatic rings. The van der Waals surface area contributed by atoms with Crippen LogP contribution in [0.25, 0.3) is 0 Å². The zero-order valence-corrected chi connectivity index (χ0v) is 17.8. The highest BCUT2D eigenvalue weighted by atomic mass is 16.3. The van der Waals surface area contributed by atoms with E-state index in [1.165, 1.54) is 6.42 Å². The minimum absolute atomic E-state index is 0.223. The minimum atomic E-state index is 0.223. The van der Waals surface area contributed by atoms with Crippen LogP contribution in [0.3, 0.4) is 0 Å². The van der Waals surface area contributed by atoms with E-state index in [-0.39, 0.29) is 5.91 Å². The molecular formula is C22H35N5O2. The molecule has 7 heteroatoms. The van der Waals surface area contributed by atoms with Crippen molar-refractivity contribution in [3.8, 4) is 5.75 Å². The van der Waals surface area contributed by atoms with Crippen molar-refractivity contribution in [2.45, 2.75) is 45.6 Å². The molecule has 2 heterocycles. The van der Waals surface area contributed by atoms with E-state index in [1.54, 1.807) is 6.07 Å². The van der Waals surface area contributed by atoms with Crippen LogP contribution in [0.4, 0.5) is 5.69 Å². The Morgan fingerprint density at radius 1 is 1.17 bits per heavy atom. The van der Waals surface area contributed by atoms with E-state index in [4.69, 9.17) is 4.99 Å². The monoisotopic (exact) mass is 401 g/mol. The fraction of sp³-hybridized carbons (Fsp3) is 0.636. The van der Waals surface area contributed by atoms with Gasteiger partial charge in [0.05, 0.1) is 12.2 Å². The number of hydrogen-bond acceptors (Lipinski definition) is 4. The summed E-state index contributed by atoms with van der Waals surface area (Å²) >= 11 is 0. The van der Waals surface area contributed by atoms with Gasteiger partial charge in [-0.25, -0.2) is 0 Å². The first-order chi connectivity index (χ1) is 14.1. The van der Waals surface area contributed by atoms with Crippen molar-refractivity contribution in [3.63, 3.8) is 0 Å². The van der Waals surface area contributed by atoms with E-state index >= 15 is 0 Å². The number of para-hydroxylation sites is 2. The first-order valence-corrected chi connectivity index (χ1v) is 11.0. The highest BCUT2D eigenvalue weighted by Gasteiger charge is 2.23. The van der Waals surface area contributed by atoms with Gasteiger partial charge in [0.2, 0.25) is 5.91 Å². The lowest BCUT2D eigenvalue weighted by molar-refractivity contribution is -0.134. The number of piperazine rings is 1. The quantitative estimate of drug-likeness (QED) is 0.585. The molecule has 1 atom stereocenters. The molecule has 0 bridgehead atoms. The van der Waals surface area contributed by atoms with Gasteiger partial charge in [-0.3, -0.25) is 9.79 Å². The fourth-order valence-corrected chi connectivity index (χ4v) is 4.19. The third kappa shape index (κ3) is 5.55. The molecule has 3 rings (SSSR count). The predicted molar refractivity (Wildman–Crippen MR) is 118 cm³/mol. The Hall–Kier alpha value is -2.44. The van der Waals surface area contributed by atoms with E-state index < -0.39 is 0 Å². The predicted octanol–water partition coefficient (Wildman–Crippen LogP) is 2.27. The number of guanidine groups is 1. The Kier molecular flexibility index (Phi) is 7.61. The van der Waals surface area contributed by atoms with Crippen LogP contribution in [0.1, 0.15) is 39.5 Å². The summed E-state index contributed by atoms with van der Waals surface area (Å²) in [6.07, 6.45) is 3.92. The molecule has 0 aromatic heterocycles. The maximum absolute atomic E-state index is 12.5. The lowest BCUT2D eigenvalue weighted by atomic mass is 10.0. The normalized spacial score (nSPS) is 20.7. The first-order valence-electron chi connectivity index (χ1n) is 11.0. The number of piperidine rings is 1. The minimum Gasteiger partial charge on any atom is -0.506 e. The van der Waals surface area contributed by atoms with Crippen LogP contribution in [0.5, 0.6) is 5.75 Å². The molecule has 2 fully saturated rings. The summed E-state index contributed by atoms with van der Waals surface area (Å²) in [4.78, 5) is 23.8. The fourth-order valence-electron chi connectivity index (χ4n) is 4.19. The van der Waals surface area contributed by atoms with Crippen LogP contribution < -0.4 is 10.2 Å². The number of nitrogens with zero attached hydrogens (tertiary/aromatic N) is 4. The Balaban J connectivity index is 1.53. The van der Waals surface area contributed by atoms with Gasteiger partial charge in [0.15, 0.2) is 5.96 Å². The number of aromatic hydroxyl groups is 1. The van der Waals surface area contributed by atoms with E-state index in [0.717, 1.165) is 63.8 Å². The zero-order chi connectivity index (χ0) is 20.6. The Bertz CT molecular complexity index is 700. The van der Waals surface area contributed by atoms with Gasteiger partial charge in [-0.1, -0.05) is 12.1 Å². The number of phenols is 1. The van der Waals surface area contributed by atoms with Crippen LogP contribution >= 0.6 is 0 Å². The van der Waals surface area contributed by atoms with Crippen molar-refractivity contribution in [2.75, 3.05) is 50.7 Å². The number of nitrogens with one attached hydrogen (secondary N) is 1. The van der Waals surface area contributed by atoms with Crippen LogP contribution in [0.15, 0.2) is 29.3 Å². The van der Waals surface area contributed by atoms with Gasteiger partial charge in [0, 0.05) is 51.7 Å². The van der Waals surface area contributed by atoms with Crippen molar-refractivity contribution in [2.24, 2.45) is 4.99 Å². The second kappa shape index (κ2) is 10.4. The molecule has 29 heavy (non-hydrogen) atoms. The van der Waals surface area contributed by atoms with Crippen molar-refractivity contribution >= 4 is 17.6 Å². The molecule has 2 aliphatic rings. The van der Waals surface area contributed by atoms with Gasteiger partial charge in [-0.2, -0.15) is 0 Å². The molecule has 0 saturated carbocycles. The third-order valence-electron chi connectivity index (χ3n) is 5.85. The SMILES string of the molecule is CCNC(=NCCC(=O)N1CCCCC1C)N1CCN(c2ccccc2O)CC1. The van der Waals surface area contributed by atoms with Gasteiger partial charge < -0.3 is 25.1 Å². The van der Waals surface area contributed by atoms with Crippen LogP contribution in [-0.2, 0) is 4.79 Å². The highest BCUT2D eigenvalue weighted by Crippen LogP contribution is 2.27. The highest BCUT2D eigenvalue weighted by molar-refractivity contribution is 5.81. The number of hydrogen-bond donors (Lipinski definition) is 2. The molecule has 2 saturated heterocycles. The van der Waals surface area contributed by atoms with Gasteiger partial charge >= 0.3 is 0 Å². The molecule has 1 aromatic carbocycles. The molecule has 0 radical (unpaired) electrons. The maximum atomic E-state index is 12.5. The molecule has 1 unspecified atom stereocenters. The number of amides is 1. The summed E-state index contributed by atoms with van der Waals surface area (Å²) in [5.41, 5.74) is 0.885. The van der Waals surface area contributed by atoms with Gasteiger partial charge in [-0.15, -0.1) is 0 Å². The summed E-state index contributed by atoms with van der Waals surface area (Å²) in [6, 6.07) is 7.84. The molecule has 0 spiro atoms. The summed E-state index contributed by atoms with van der Waals surface area (Å²) in [5.74, 6) is 1.43. The van der Waals surface area contributed by atoms with Crippen molar-refractivity contribution < 1.29 is 9.90 Å². The second-order valence-corrected chi connectivity index (χ2v) is 7.88. The molecule has 1 amide bonds. The number of aliphatic imine (C=N–C) groups is 1. The van der Waals surface area contributed by atoms with E-state index in [2.05, 4.69) is 29.0 Å². The van der Waals surface area contributed by atoms with Gasteiger partial charge in [0.1, 0.15) is 5.75 Å². The van der Waals surface area contributed by atoms with Crippen LogP contribution in [0, 0.1) is 0 Å². The van der Waals surface area contributed by atoms with Crippen molar-refractivity contribution in [1.29, 1.82) is 0 Å². The number of phenolic OH excluding ortho intramolecular Hbond substituents is 1. The Morgan fingerprint density at radius 3 is 2.62 bits per heavy atom. The average Bonchev–Trinajstić information content (AvgIpc) is 2.74. The summed E-state index contributed by atoms with van der Waals surface area (Å²) < 4.78 is 0. The number of carbonyl (C=O) groups excluding carboxylic acids is 1. The lowest BCUT2D eigenvalue weighted by Crippen LogP contribution is -2.52. The average molecular weight is 402 g/mol. The van der Waals surface area contributed by atoms with Crippen LogP contribution in [-0.4, -0.2) is 78.6 Å². The van der Waals surface area contributed by atoms with Gasteiger partial charge in [0.25, 0.3) is 0 Å². The molecular weight excluding hydrogens is 366 g/mol. The second-order valence-electron chi connectivity index (χ2n) is 7.88. The largest absolute Gasteiger partial charge is 0.506 e. The number of benzene rings is 1. The van der Waals surface area contributed by atoms with E-state index in [0.29, 0.717) is 24.8 Å². The number of likely N-dealkylation sites (tertiary alicyclic amines) is 1. The van der Waals surface area contributed by atoms with Crippen molar-refractivity contribution in [3.05, 3.63) is 24.3 Å². The Morgan fingerprint density at radius 2 is 1.93 bits per heavy atom. The standard InChI is InChI=1S/C22H35N5O2/c1-3-23-22(24-12-11-21(29)27-13-7-6-8-18(27)2)26-16-14-25(15-17-26)19-9-4-5-10-20(19)28/h4-5,9-10,18,28H,3,6-8,11-17H2,1-2H3,(H,23,24).